The summed E-state index contributed by atoms with van der Waals surface area (Å²) in [5.74, 6) is 0.289. The zero-order valence-electron chi connectivity index (χ0n) is 21.3. The number of sulfonamides is 1. The summed E-state index contributed by atoms with van der Waals surface area (Å²) in [5.41, 5.74) is 0.959. The summed E-state index contributed by atoms with van der Waals surface area (Å²) in [5, 5.41) is 1.01. The highest BCUT2D eigenvalue weighted by molar-refractivity contribution is 7.89. The Hall–Kier alpha value is -2.24. The van der Waals surface area contributed by atoms with Crippen LogP contribution in [-0.2, 0) is 14.8 Å². The van der Waals surface area contributed by atoms with E-state index < -0.39 is 10.0 Å². The van der Waals surface area contributed by atoms with Crippen molar-refractivity contribution in [2.75, 3.05) is 38.3 Å². The molecule has 1 aromatic heterocycles. The van der Waals surface area contributed by atoms with Crippen molar-refractivity contribution >= 4 is 54.2 Å². The number of benzene rings is 2. The van der Waals surface area contributed by atoms with Crippen LogP contribution in [0.4, 0.5) is 5.13 Å². The van der Waals surface area contributed by atoms with Crippen molar-refractivity contribution in [3.63, 3.8) is 0 Å². The molecule has 8 nitrogen and oxygen atoms in total. The van der Waals surface area contributed by atoms with Crippen LogP contribution in [0, 0.1) is 0 Å². The van der Waals surface area contributed by atoms with Crippen LogP contribution in [0.25, 0.3) is 10.2 Å². The maximum absolute atomic E-state index is 13.8. The zero-order valence-corrected chi connectivity index (χ0v) is 23.7. The summed E-state index contributed by atoms with van der Waals surface area (Å²) < 4.78 is 39.8. The Labute approximate surface area is 227 Å². The van der Waals surface area contributed by atoms with E-state index in [0.717, 1.165) is 30.4 Å². The minimum Gasteiger partial charge on any atom is -0.494 e. The largest absolute Gasteiger partial charge is 0.494 e. The molecule has 3 aromatic rings. The Morgan fingerprint density at radius 3 is 2.46 bits per heavy atom. The average Bonchev–Trinajstić information content (AvgIpc) is 3.58. The molecule has 0 bridgehead atoms. The molecular weight excluding hydrogens is 534 g/mol. The van der Waals surface area contributed by atoms with Gasteiger partial charge in [-0.3, -0.25) is 9.69 Å². The Morgan fingerprint density at radius 1 is 1.16 bits per heavy atom. The molecule has 1 saturated heterocycles. The molecule has 1 fully saturated rings. The van der Waals surface area contributed by atoms with Crippen molar-refractivity contribution in [3.05, 3.63) is 47.0 Å². The molecule has 2 heterocycles. The van der Waals surface area contributed by atoms with Gasteiger partial charge in [0.1, 0.15) is 11.3 Å². The van der Waals surface area contributed by atoms with E-state index in [0.29, 0.717) is 53.2 Å². The third-order valence-corrected chi connectivity index (χ3v) is 9.69. The zero-order chi connectivity index (χ0) is 26.6. The molecular formula is C26H32ClN3O5S2. The topological polar surface area (TPSA) is 89.0 Å². The number of methoxy groups -OCH3 is 1. The quantitative estimate of drug-likeness (QED) is 0.301. The first-order valence-electron chi connectivity index (χ1n) is 12.5. The molecule has 0 spiro atoms. The van der Waals surface area contributed by atoms with Crippen molar-refractivity contribution in [1.82, 2.24) is 9.29 Å². The van der Waals surface area contributed by atoms with Gasteiger partial charge in [0.05, 0.1) is 34.4 Å². The molecule has 200 valence electrons. The fourth-order valence-electron chi connectivity index (χ4n) is 4.39. The molecule has 0 N–H and O–H groups in total. The predicted octanol–water partition coefficient (Wildman–Crippen LogP) is 5.59. The number of anilines is 1. The van der Waals surface area contributed by atoms with Crippen LogP contribution in [-0.4, -0.2) is 63.1 Å². The summed E-state index contributed by atoms with van der Waals surface area (Å²) in [7, 11) is -2.07. The summed E-state index contributed by atoms with van der Waals surface area (Å²) >= 11 is 7.74. The summed E-state index contributed by atoms with van der Waals surface area (Å²) in [6.07, 6.45) is 3.13. The van der Waals surface area contributed by atoms with E-state index in [2.05, 4.69) is 0 Å². The fourth-order valence-corrected chi connectivity index (χ4v) is 7.27. The predicted molar refractivity (Wildman–Crippen MR) is 148 cm³/mol. The standard InChI is InChI=1S/C26H32ClN3O5S2/c1-4-14-29(15-5-2)37(32,33)20-10-8-18(9-11-20)25(31)30(17-19-7-6-16-35-19)26-28-23-22(34-3)13-12-21(27)24(23)36-26/h8-13,19H,4-7,14-17H2,1-3H3. The van der Waals surface area contributed by atoms with Crippen LogP contribution in [0.2, 0.25) is 5.02 Å². The monoisotopic (exact) mass is 565 g/mol. The molecule has 37 heavy (non-hydrogen) atoms. The average molecular weight is 566 g/mol. The van der Waals surface area contributed by atoms with E-state index in [1.54, 1.807) is 36.3 Å². The summed E-state index contributed by atoms with van der Waals surface area (Å²) in [6.45, 7) is 5.80. The van der Waals surface area contributed by atoms with Crippen molar-refractivity contribution in [1.29, 1.82) is 0 Å². The van der Waals surface area contributed by atoms with E-state index in [1.807, 2.05) is 13.8 Å². The third-order valence-electron chi connectivity index (χ3n) is 6.24. The molecule has 1 amide bonds. The van der Waals surface area contributed by atoms with Gasteiger partial charge in [0.25, 0.3) is 5.91 Å². The number of carbonyl (C=O) groups is 1. The van der Waals surface area contributed by atoms with Crippen molar-refractivity contribution in [2.24, 2.45) is 0 Å². The molecule has 0 radical (unpaired) electrons. The number of hydrogen-bond donors (Lipinski definition) is 0. The second-order valence-electron chi connectivity index (χ2n) is 8.90. The van der Waals surface area contributed by atoms with Crippen LogP contribution >= 0.6 is 22.9 Å². The number of thiazole rings is 1. The van der Waals surface area contributed by atoms with Crippen molar-refractivity contribution in [3.8, 4) is 5.75 Å². The number of halogens is 1. The first-order chi connectivity index (χ1) is 17.8. The lowest BCUT2D eigenvalue weighted by atomic mass is 10.2. The van der Waals surface area contributed by atoms with Gasteiger partial charge in [-0.15, -0.1) is 0 Å². The number of ether oxygens (including phenoxy) is 2. The minimum absolute atomic E-state index is 0.107. The Balaban J connectivity index is 1.68. The Morgan fingerprint density at radius 2 is 1.86 bits per heavy atom. The van der Waals surface area contributed by atoms with Crippen LogP contribution in [0.1, 0.15) is 49.9 Å². The highest BCUT2D eigenvalue weighted by Crippen LogP contribution is 2.39. The number of nitrogens with zero attached hydrogens (tertiary/aromatic N) is 3. The maximum atomic E-state index is 13.8. The van der Waals surface area contributed by atoms with E-state index in [9.17, 15) is 13.2 Å². The highest BCUT2D eigenvalue weighted by Gasteiger charge is 2.29. The molecule has 1 aliphatic heterocycles. The van der Waals surface area contributed by atoms with Crippen molar-refractivity contribution in [2.45, 2.75) is 50.5 Å². The molecule has 2 aromatic carbocycles. The molecule has 11 heteroatoms. The van der Waals surface area contributed by atoms with Gasteiger partial charge in [0.15, 0.2) is 5.13 Å². The highest BCUT2D eigenvalue weighted by atomic mass is 35.5. The van der Waals surface area contributed by atoms with Gasteiger partial charge in [-0.2, -0.15) is 4.31 Å². The molecule has 1 unspecified atom stereocenters. The normalized spacial score (nSPS) is 16.0. The van der Waals surface area contributed by atoms with Gasteiger partial charge in [0, 0.05) is 25.3 Å². The lowest BCUT2D eigenvalue weighted by Gasteiger charge is -2.23. The van der Waals surface area contributed by atoms with Gasteiger partial charge >= 0.3 is 0 Å². The SMILES string of the molecule is CCCN(CCC)S(=O)(=O)c1ccc(C(=O)N(CC2CCCO2)c2nc3c(OC)ccc(Cl)c3s2)cc1. The number of rotatable bonds is 11. The van der Waals surface area contributed by atoms with Gasteiger partial charge in [-0.1, -0.05) is 36.8 Å². The number of aromatic nitrogens is 1. The lowest BCUT2D eigenvalue weighted by molar-refractivity contribution is 0.0917. The first-order valence-corrected chi connectivity index (χ1v) is 15.1. The van der Waals surface area contributed by atoms with E-state index in [-0.39, 0.29) is 16.9 Å². The van der Waals surface area contributed by atoms with Gasteiger partial charge in [0.2, 0.25) is 10.0 Å². The van der Waals surface area contributed by atoms with Crippen LogP contribution in [0.15, 0.2) is 41.3 Å². The fraction of sp³-hybridized carbons (Fsp3) is 0.462. The van der Waals surface area contributed by atoms with Crippen LogP contribution < -0.4 is 9.64 Å². The van der Waals surface area contributed by atoms with Crippen LogP contribution in [0.3, 0.4) is 0 Å². The van der Waals surface area contributed by atoms with Crippen molar-refractivity contribution < 1.29 is 22.7 Å². The molecule has 0 saturated carbocycles. The molecule has 1 aliphatic rings. The van der Waals surface area contributed by atoms with E-state index >= 15 is 0 Å². The smallest absolute Gasteiger partial charge is 0.260 e. The maximum Gasteiger partial charge on any atom is 0.260 e. The Bertz CT molecular complexity index is 1330. The van der Waals surface area contributed by atoms with E-state index in [4.69, 9.17) is 26.1 Å². The second kappa shape index (κ2) is 12.1. The number of fused-ring (bicyclic) bond motifs is 1. The lowest BCUT2D eigenvalue weighted by Crippen LogP contribution is -2.37. The van der Waals surface area contributed by atoms with E-state index in [1.165, 1.54) is 27.8 Å². The molecule has 0 aliphatic carbocycles. The number of amides is 1. The summed E-state index contributed by atoms with van der Waals surface area (Å²) in [4.78, 5) is 20.2. The van der Waals surface area contributed by atoms with Gasteiger partial charge in [-0.05, 0) is 62.1 Å². The molecule has 4 rings (SSSR count). The third kappa shape index (κ3) is 5.93. The van der Waals surface area contributed by atoms with Gasteiger partial charge in [-0.25, -0.2) is 13.4 Å². The second-order valence-corrected chi connectivity index (χ2v) is 12.2. The Kier molecular flexibility index (Phi) is 9.07. The van der Waals surface area contributed by atoms with Crippen LogP contribution in [0.5, 0.6) is 5.75 Å². The molecule has 1 atom stereocenters. The minimum atomic E-state index is -3.64. The van der Waals surface area contributed by atoms with Gasteiger partial charge < -0.3 is 9.47 Å². The number of carbonyl (C=O) groups excluding carboxylic acids is 1. The summed E-state index contributed by atoms with van der Waals surface area (Å²) in [6, 6.07) is 9.63. The number of hydrogen-bond acceptors (Lipinski definition) is 7. The first kappa shape index (κ1) is 27.8.